The van der Waals surface area contributed by atoms with Crippen molar-refractivity contribution in [2.24, 2.45) is 0 Å². The van der Waals surface area contributed by atoms with E-state index in [0.29, 0.717) is 42.8 Å². The van der Waals surface area contributed by atoms with Crippen LogP contribution in [0.25, 0.3) is 0 Å². The van der Waals surface area contributed by atoms with Crippen molar-refractivity contribution in [1.82, 2.24) is 0 Å². The molecule has 6 rings (SSSR count). The number of anilines is 2. The van der Waals surface area contributed by atoms with Crippen LogP contribution in [-0.4, -0.2) is 46.1 Å². The molecule has 62 heavy (non-hydrogen) atoms. The summed E-state index contributed by atoms with van der Waals surface area (Å²) in [7, 11) is -5.95. The Hall–Kier alpha value is -6.44. The van der Waals surface area contributed by atoms with Gasteiger partial charge in [-0.15, -0.1) is 0 Å². The van der Waals surface area contributed by atoms with Crippen molar-refractivity contribution in [3.63, 3.8) is 0 Å². The zero-order valence-electron chi connectivity index (χ0n) is 34.8. The second-order valence-electron chi connectivity index (χ2n) is 14.7. The summed E-state index contributed by atoms with van der Waals surface area (Å²) in [6, 6.07) is 41.8. The van der Waals surface area contributed by atoms with Crippen molar-refractivity contribution in [2.45, 2.75) is 74.5 Å². The Labute approximate surface area is 364 Å². The maximum Gasteiger partial charge on any atom is 0.335 e. The molecular weight excluding hydrogens is 825 g/mol. The van der Waals surface area contributed by atoms with Crippen molar-refractivity contribution in [2.75, 3.05) is 16.6 Å². The van der Waals surface area contributed by atoms with Crippen LogP contribution < -0.4 is 14.2 Å². The fourth-order valence-electron chi connectivity index (χ4n) is 6.75. The predicted molar refractivity (Wildman–Crippen MR) is 243 cm³/mol. The Kier molecular flexibility index (Phi) is 16.9. The van der Waals surface area contributed by atoms with Gasteiger partial charge in [-0.05, 0) is 140 Å². The van der Waals surface area contributed by atoms with E-state index in [-0.39, 0.29) is 20.9 Å². The second-order valence-corrected chi connectivity index (χ2v) is 18.0. The number of unbranched alkanes of at least 4 members (excludes halogenated alkanes) is 1. The van der Waals surface area contributed by atoms with E-state index < -0.39 is 32.0 Å². The highest BCUT2D eigenvalue weighted by molar-refractivity contribution is 7.93. The molecule has 6 aromatic carbocycles. The molecule has 0 aliphatic rings. The summed E-state index contributed by atoms with van der Waals surface area (Å²) >= 11 is 0. The fourth-order valence-corrected chi connectivity index (χ4v) is 8.99. The molecule has 0 aliphatic carbocycles. The highest BCUT2D eigenvalue weighted by Gasteiger charge is 2.18. The molecule has 0 aromatic heterocycles. The number of nitrogens with one attached hydrogen (secondary N) is 2. The first-order chi connectivity index (χ1) is 29.8. The van der Waals surface area contributed by atoms with Crippen LogP contribution in [0.1, 0.15) is 81.1 Å². The van der Waals surface area contributed by atoms with Crippen LogP contribution in [-0.2, 0) is 52.2 Å². The average Bonchev–Trinajstić information content (AvgIpc) is 3.27. The number of hydrogen-bond acceptors (Lipinski definition) is 7. The van der Waals surface area contributed by atoms with Gasteiger partial charge in [0, 0.05) is 6.07 Å². The summed E-state index contributed by atoms with van der Waals surface area (Å²) in [6.45, 7) is 2.13. The SMILES string of the molecule is CCCCc1ccc(S(=O)(=O)Nc2ccccc2CCCc2cccc(C(=O)O)c2)cc1.COc1cccc(S(=O)(=O)Nc2ccccc2CCCc2cccc(C(=O)O)c2)c1. The molecule has 0 radical (unpaired) electrons. The first-order valence-corrected chi connectivity index (χ1v) is 23.3. The van der Waals surface area contributed by atoms with Gasteiger partial charge in [0.1, 0.15) is 5.75 Å². The molecule has 0 heterocycles. The number of carbonyl (C=O) groups is 2. The Morgan fingerprint density at radius 1 is 0.500 bits per heavy atom. The Bertz CT molecular complexity index is 2670. The normalized spacial score (nSPS) is 11.2. The molecule has 0 fully saturated rings. The molecule has 0 saturated carbocycles. The molecule has 0 aliphatic heterocycles. The number of para-hydroxylation sites is 2. The van der Waals surface area contributed by atoms with Gasteiger partial charge in [0.25, 0.3) is 20.0 Å². The first-order valence-electron chi connectivity index (χ1n) is 20.4. The maximum absolute atomic E-state index is 12.9. The number of rotatable bonds is 20. The van der Waals surface area contributed by atoms with E-state index in [4.69, 9.17) is 14.9 Å². The molecular formula is C49H52N2O9S2. The van der Waals surface area contributed by atoms with Gasteiger partial charge in [-0.3, -0.25) is 9.44 Å². The summed E-state index contributed by atoms with van der Waals surface area (Å²) in [5.41, 5.74) is 6.44. The van der Waals surface area contributed by atoms with Gasteiger partial charge in [0.2, 0.25) is 0 Å². The number of aryl methyl sites for hydroxylation is 5. The molecule has 6 aromatic rings. The molecule has 11 nitrogen and oxygen atoms in total. The second kappa shape index (κ2) is 22.4. The minimum absolute atomic E-state index is 0.127. The fraction of sp³-hybridized carbons (Fsp3) is 0.224. The lowest BCUT2D eigenvalue weighted by molar-refractivity contribution is 0.0686. The molecule has 0 spiro atoms. The number of methoxy groups -OCH3 is 1. The summed E-state index contributed by atoms with van der Waals surface area (Å²) in [4.78, 5) is 22.6. The summed E-state index contributed by atoms with van der Waals surface area (Å²) in [6.07, 6.45) is 7.37. The smallest absolute Gasteiger partial charge is 0.335 e. The van der Waals surface area contributed by atoms with E-state index in [2.05, 4.69) is 16.4 Å². The van der Waals surface area contributed by atoms with Crippen molar-refractivity contribution in [1.29, 1.82) is 0 Å². The largest absolute Gasteiger partial charge is 0.497 e. The first kappa shape index (κ1) is 46.6. The highest BCUT2D eigenvalue weighted by Crippen LogP contribution is 2.25. The van der Waals surface area contributed by atoms with Crippen molar-refractivity contribution < 1.29 is 41.4 Å². The average molecular weight is 877 g/mol. The lowest BCUT2D eigenvalue weighted by Gasteiger charge is -2.13. The van der Waals surface area contributed by atoms with E-state index in [0.717, 1.165) is 59.9 Å². The van der Waals surface area contributed by atoms with E-state index >= 15 is 0 Å². The minimum atomic E-state index is -3.76. The zero-order chi connectivity index (χ0) is 44.5. The predicted octanol–water partition coefficient (Wildman–Crippen LogP) is 10.1. The Balaban J connectivity index is 0.000000235. The number of benzene rings is 6. The Morgan fingerprint density at radius 3 is 1.45 bits per heavy atom. The van der Waals surface area contributed by atoms with Crippen LogP contribution in [0.5, 0.6) is 5.75 Å². The lowest BCUT2D eigenvalue weighted by Crippen LogP contribution is -2.14. The molecule has 0 amide bonds. The van der Waals surface area contributed by atoms with Crippen LogP contribution in [0.4, 0.5) is 11.4 Å². The number of aromatic carboxylic acids is 2. The summed E-state index contributed by atoms with van der Waals surface area (Å²) in [5.74, 6) is -1.42. The molecule has 13 heteroatoms. The number of carboxylic acid groups (broad SMARTS) is 2. The van der Waals surface area contributed by atoms with Crippen LogP contribution in [0.3, 0.4) is 0 Å². The molecule has 324 valence electrons. The van der Waals surface area contributed by atoms with Gasteiger partial charge < -0.3 is 14.9 Å². The van der Waals surface area contributed by atoms with E-state index in [1.165, 1.54) is 19.2 Å². The van der Waals surface area contributed by atoms with Crippen LogP contribution in [0.2, 0.25) is 0 Å². The van der Waals surface area contributed by atoms with Gasteiger partial charge in [-0.25, -0.2) is 26.4 Å². The topological polar surface area (TPSA) is 176 Å². The van der Waals surface area contributed by atoms with E-state index in [9.17, 15) is 26.4 Å². The van der Waals surface area contributed by atoms with Gasteiger partial charge in [0.15, 0.2) is 0 Å². The van der Waals surface area contributed by atoms with Crippen LogP contribution in [0, 0.1) is 0 Å². The summed E-state index contributed by atoms with van der Waals surface area (Å²) in [5, 5.41) is 18.3. The zero-order valence-corrected chi connectivity index (χ0v) is 36.4. The summed E-state index contributed by atoms with van der Waals surface area (Å²) < 4.78 is 61.9. The quantitative estimate of drug-likeness (QED) is 0.0582. The molecule has 0 atom stereocenters. The number of hydrogen-bond donors (Lipinski definition) is 4. The van der Waals surface area contributed by atoms with Crippen LogP contribution >= 0.6 is 0 Å². The van der Waals surface area contributed by atoms with Crippen LogP contribution in [0.15, 0.2) is 155 Å². The number of ether oxygens (including phenoxy) is 1. The lowest BCUT2D eigenvalue weighted by atomic mass is 10.0. The van der Waals surface area contributed by atoms with Gasteiger partial charge >= 0.3 is 11.9 Å². The van der Waals surface area contributed by atoms with Gasteiger partial charge in [-0.1, -0.05) is 92.2 Å². The van der Waals surface area contributed by atoms with E-state index in [1.807, 2.05) is 54.6 Å². The third kappa shape index (κ3) is 13.8. The van der Waals surface area contributed by atoms with Crippen molar-refractivity contribution >= 4 is 43.4 Å². The number of carboxylic acids is 2. The van der Waals surface area contributed by atoms with E-state index in [1.54, 1.807) is 78.9 Å². The van der Waals surface area contributed by atoms with Crippen molar-refractivity contribution in [3.05, 3.63) is 185 Å². The third-order valence-corrected chi connectivity index (χ3v) is 12.8. The third-order valence-electron chi connectivity index (χ3n) is 10.1. The molecule has 0 saturated heterocycles. The number of sulfonamides is 2. The highest BCUT2D eigenvalue weighted by atomic mass is 32.2. The van der Waals surface area contributed by atoms with Crippen molar-refractivity contribution in [3.8, 4) is 5.75 Å². The minimum Gasteiger partial charge on any atom is -0.497 e. The Morgan fingerprint density at radius 2 is 0.968 bits per heavy atom. The molecule has 4 N–H and O–H groups in total. The molecule has 0 unspecified atom stereocenters. The molecule has 0 bridgehead atoms. The van der Waals surface area contributed by atoms with Gasteiger partial charge in [-0.2, -0.15) is 0 Å². The maximum atomic E-state index is 12.9. The monoisotopic (exact) mass is 876 g/mol. The van der Waals surface area contributed by atoms with Gasteiger partial charge in [0.05, 0.1) is 39.4 Å². The standard InChI is InChI=1S/C26H29NO4S.C23H23NO5S/c1-2-3-8-20-15-17-24(18-16-20)32(30,31)27-25-14-5-4-11-22(25)12-6-9-21-10-7-13-23(19-21)26(28)29;1-29-20-12-6-13-21(16-20)30(27,28)24-22-14-3-2-9-18(22)10-4-7-17-8-5-11-19(15-17)23(25)26/h4-5,7,10-11,13-19,27H,2-3,6,8-9,12H2,1H3,(H,28,29);2-3,5-6,8-9,11-16,24H,4,7,10H2,1H3,(H,25,26).